The number of hydrogen-bond donors (Lipinski definition) is 0. The van der Waals surface area contributed by atoms with Gasteiger partial charge in [-0.15, -0.1) is 11.8 Å². The van der Waals surface area contributed by atoms with Crippen molar-refractivity contribution in [2.24, 2.45) is 0 Å². The predicted molar refractivity (Wildman–Crippen MR) is 24.9 cm³/mol. The molecule has 1 heterocycles. The van der Waals surface area contributed by atoms with Crippen LogP contribution in [0.2, 0.25) is 0 Å². The molecule has 0 aliphatic carbocycles. The molecule has 1 rings (SSSR count). The van der Waals surface area contributed by atoms with E-state index in [1.807, 2.05) is 6.26 Å². The van der Waals surface area contributed by atoms with Gasteiger partial charge < -0.3 is 5.10 Å². The van der Waals surface area contributed by atoms with Crippen molar-refractivity contribution in [3.8, 4) is 0 Å². The molecule has 0 radical (unpaired) electrons. The molecule has 1 aromatic rings. The van der Waals surface area contributed by atoms with Gasteiger partial charge in [0.25, 0.3) is 0 Å². The van der Waals surface area contributed by atoms with E-state index in [4.69, 9.17) is 0 Å². The first-order chi connectivity index (χ1) is 3.43. The minimum Gasteiger partial charge on any atom is -0.325 e. The van der Waals surface area contributed by atoms with Crippen LogP contribution < -0.4 is 5.10 Å². The van der Waals surface area contributed by atoms with Gasteiger partial charge in [0.2, 0.25) is 0 Å². The Kier molecular flexibility index (Phi) is 2.06. The first-order valence-electron chi connectivity index (χ1n) is 1.66. The summed E-state index contributed by atoms with van der Waals surface area (Å²) in [5.41, 5.74) is 0. The quantitative estimate of drug-likeness (QED) is 0.617. The van der Waals surface area contributed by atoms with Gasteiger partial charge in [-0.05, 0) is 6.26 Å². The van der Waals surface area contributed by atoms with E-state index in [0.717, 1.165) is 0 Å². The van der Waals surface area contributed by atoms with Crippen molar-refractivity contribution >= 4 is 11.8 Å². The molecule has 1 aromatic heterocycles. The fraction of sp³-hybridized carbons (Fsp3) is 0.500. The zero-order valence-corrected chi connectivity index (χ0v) is 11.6. The maximum atomic E-state index is 3.53. The SMILES string of the molecule is CSc1nnn[n-]1.[Rf]. The van der Waals surface area contributed by atoms with Crippen LogP contribution >= 0.6 is 11.8 Å². The third-order valence-electron chi connectivity index (χ3n) is 0.483. The standard InChI is InChI=1S/C2H3N4S.Rf/c1-7-2-3-5-6-4-2;/h1H3;/q-1;. The Morgan fingerprint density at radius 2 is 2.38 bits per heavy atom. The van der Waals surface area contributed by atoms with Gasteiger partial charge in [0.05, 0.1) is 5.16 Å². The van der Waals surface area contributed by atoms with Crippen LogP contribution in [0.15, 0.2) is 5.16 Å². The Labute approximate surface area is 44.7 Å². The number of tetrazole rings is 1. The minimum absolute atomic E-state index is 0. The van der Waals surface area contributed by atoms with Crippen molar-refractivity contribution in [1.29, 1.82) is 0 Å². The van der Waals surface area contributed by atoms with Crippen molar-refractivity contribution in [1.82, 2.24) is 20.6 Å². The van der Waals surface area contributed by atoms with Gasteiger partial charge in [0, 0.05) is 0 Å². The smallest absolute Gasteiger partial charge is 0.0657 e. The summed E-state index contributed by atoms with van der Waals surface area (Å²) in [5, 5.41) is 14.2. The maximum Gasteiger partial charge on any atom is 0.0657 e. The molecule has 0 atom stereocenters. The Bertz CT molecular complexity index is 129. The normalized spacial score (nSPS) is 8.12. The fourth-order valence-electron chi connectivity index (χ4n) is 0.218. The Balaban J connectivity index is 0.000000490. The van der Waals surface area contributed by atoms with Gasteiger partial charge in [-0.2, -0.15) is 5.21 Å². The first kappa shape index (κ1) is 6.42. The number of hydrogen-bond acceptors (Lipinski definition) is 4. The number of aromatic nitrogens is 4. The third-order valence-corrected chi connectivity index (χ3v) is 1.01. The molecule has 0 fully saturated rings. The van der Waals surface area contributed by atoms with Crippen LogP contribution in [0.3, 0.4) is 0 Å². The molecule has 40 valence electrons. The molecular weight excluding hydrogens is 379 g/mol. The summed E-state index contributed by atoms with van der Waals surface area (Å²) in [6.45, 7) is 0. The number of thioether (sulfide) groups is 1. The predicted octanol–water partition coefficient (Wildman–Crippen LogP) is -0.449. The van der Waals surface area contributed by atoms with Gasteiger partial charge in [-0.25, -0.2) is 0 Å². The van der Waals surface area contributed by atoms with Crippen molar-refractivity contribution in [2.75, 3.05) is 6.26 Å². The molecule has 0 saturated heterocycles. The Morgan fingerprint density at radius 1 is 1.62 bits per heavy atom. The maximum absolute atomic E-state index is 3.53. The molecule has 0 bridgehead atoms. The van der Waals surface area contributed by atoms with Gasteiger partial charge in [0.1, 0.15) is 0 Å². The van der Waals surface area contributed by atoms with E-state index in [1.54, 1.807) is 0 Å². The molecule has 0 unspecified atom stereocenters. The molecule has 0 aromatic carbocycles. The van der Waals surface area contributed by atoms with Crippen molar-refractivity contribution in [3.63, 3.8) is 0 Å². The molecule has 4 nitrogen and oxygen atoms in total. The average Bonchev–Trinajstić information content (AvgIpc) is 2.14. The topological polar surface area (TPSA) is 52.8 Å². The van der Waals surface area contributed by atoms with E-state index in [1.165, 1.54) is 11.8 Å². The molecule has 0 amide bonds. The summed E-state index contributed by atoms with van der Waals surface area (Å²) in [7, 11) is 0. The van der Waals surface area contributed by atoms with Gasteiger partial charge >= 0.3 is 0 Å². The van der Waals surface area contributed by atoms with E-state index in [0.29, 0.717) is 5.16 Å². The zero-order valence-electron chi connectivity index (χ0n) is 4.40. The van der Waals surface area contributed by atoms with E-state index in [2.05, 4.69) is 20.6 Å². The van der Waals surface area contributed by atoms with Crippen LogP contribution in [0.25, 0.3) is 0 Å². The van der Waals surface area contributed by atoms with Gasteiger partial charge in [-0.1, -0.05) is 0 Å². The van der Waals surface area contributed by atoms with Crippen LogP contribution in [0.1, 0.15) is 0 Å². The second-order valence-corrected chi connectivity index (χ2v) is 1.64. The molecular formula is C2H3N4RfS-. The summed E-state index contributed by atoms with van der Waals surface area (Å²) in [4.78, 5) is 0. The monoisotopic (exact) mass is 382 g/mol. The summed E-state index contributed by atoms with van der Waals surface area (Å²) in [5.74, 6) is 0. The van der Waals surface area contributed by atoms with Crippen molar-refractivity contribution in [2.45, 2.75) is 5.16 Å². The van der Waals surface area contributed by atoms with E-state index >= 15 is 0 Å². The molecule has 0 aliphatic heterocycles. The van der Waals surface area contributed by atoms with E-state index < -0.39 is 0 Å². The molecule has 0 N–H and O–H groups in total. The van der Waals surface area contributed by atoms with Crippen LogP contribution in [0, 0.1) is 0 Å². The minimum atomic E-state index is 0. The largest absolute Gasteiger partial charge is 0.325 e. The van der Waals surface area contributed by atoms with E-state index in [9.17, 15) is 0 Å². The van der Waals surface area contributed by atoms with E-state index in [-0.39, 0.29) is 0 Å². The number of rotatable bonds is 1. The van der Waals surface area contributed by atoms with Crippen LogP contribution in [0.5, 0.6) is 0 Å². The Morgan fingerprint density at radius 3 is 2.62 bits per heavy atom. The molecule has 0 saturated carbocycles. The molecule has 6 heteroatoms. The second-order valence-electron chi connectivity index (χ2n) is 0.866. The average molecular weight is 382 g/mol. The summed E-state index contributed by atoms with van der Waals surface area (Å²) in [6.07, 6.45) is 1.87. The van der Waals surface area contributed by atoms with Crippen LogP contribution in [0.4, 0.5) is 0 Å². The summed E-state index contributed by atoms with van der Waals surface area (Å²) < 4.78 is 0. The second kappa shape index (κ2) is 2.57. The third kappa shape index (κ3) is 0.939. The van der Waals surface area contributed by atoms with Gasteiger partial charge in [0.15, 0.2) is 0 Å². The summed E-state index contributed by atoms with van der Waals surface area (Å²) in [6, 6.07) is 0. The summed E-state index contributed by atoms with van der Waals surface area (Å²) >= 11 is 1.43. The van der Waals surface area contributed by atoms with Crippen LogP contribution in [-0.4, -0.2) is 21.8 Å². The molecule has 0 aliphatic rings. The van der Waals surface area contributed by atoms with Crippen molar-refractivity contribution < 1.29 is 0 Å². The fourth-order valence-corrected chi connectivity index (χ4v) is 0.454. The van der Waals surface area contributed by atoms with Crippen LogP contribution in [-0.2, 0) is 0 Å². The van der Waals surface area contributed by atoms with Gasteiger partial charge in [-0.3, -0.25) is 10.3 Å². The first-order valence-corrected chi connectivity index (χ1v) is 2.88. The Hall–Kier alpha value is -1.58. The number of nitrogens with zero attached hydrogens (tertiary/aromatic N) is 4. The molecule has 0 spiro atoms. The molecule has 8 heavy (non-hydrogen) atoms. The zero-order chi connectivity index (χ0) is 5.11. The van der Waals surface area contributed by atoms with Crippen molar-refractivity contribution in [3.05, 3.63) is 0 Å².